The summed E-state index contributed by atoms with van der Waals surface area (Å²) in [5, 5.41) is 11.1. The van der Waals surface area contributed by atoms with Crippen LogP contribution in [0.3, 0.4) is 0 Å². The first-order valence-corrected chi connectivity index (χ1v) is 11.9. The van der Waals surface area contributed by atoms with Crippen molar-refractivity contribution in [2.75, 3.05) is 16.4 Å². The van der Waals surface area contributed by atoms with Crippen molar-refractivity contribution in [2.45, 2.75) is 0 Å². The maximum Gasteiger partial charge on any atom is 0.269 e. The molecule has 0 aliphatic heterocycles. The molecule has 0 aliphatic carbocycles. The minimum absolute atomic E-state index is 0.0752. The Kier molecular flexibility index (Phi) is 6.57. The molecule has 4 N–H and O–H groups in total. The number of nitro benzene ring substituents is 1. The van der Waals surface area contributed by atoms with Crippen LogP contribution in [0.2, 0.25) is 0 Å². The third-order valence-electron chi connectivity index (χ3n) is 6.27. The van der Waals surface area contributed by atoms with E-state index in [0.717, 1.165) is 22.3 Å². The van der Waals surface area contributed by atoms with E-state index >= 15 is 0 Å². The van der Waals surface area contributed by atoms with Gasteiger partial charge in [0.15, 0.2) is 0 Å². The molecule has 5 aromatic rings. The van der Waals surface area contributed by atoms with Crippen molar-refractivity contribution in [2.24, 2.45) is 0 Å². The lowest BCUT2D eigenvalue weighted by Crippen LogP contribution is -2.25. The van der Waals surface area contributed by atoms with Gasteiger partial charge in [0.25, 0.3) is 11.6 Å². The maximum atomic E-state index is 13.7. The molecule has 0 fully saturated rings. The number of nitrogen functional groups attached to an aromatic ring is 2. The average molecular weight is 501 g/mol. The minimum atomic E-state index is -0.488. The number of hydrogen-bond acceptors (Lipinski definition) is 5. The molecule has 7 heteroatoms. The van der Waals surface area contributed by atoms with Gasteiger partial charge in [0, 0.05) is 40.4 Å². The summed E-state index contributed by atoms with van der Waals surface area (Å²) in [6, 6.07) is 36.0. The fourth-order valence-electron chi connectivity index (χ4n) is 4.20. The highest BCUT2D eigenvalue weighted by Crippen LogP contribution is 2.32. The first-order chi connectivity index (χ1) is 18.4. The van der Waals surface area contributed by atoms with Crippen LogP contribution in [0.25, 0.3) is 22.3 Å². The van der Waals surface area contributed by atoms with Gasteiger partial charge >= 0.3 is 0 Å². The molecule has 5 aromatic carbocycles. The second kappa shape index (κ2) is 10.3. The third-order valence-corrected chi connectivity index (χ3v) is 6.27. The number of non-ortho nitro benzene ring substituents is 1. The Morgan fingerprint density at radius 3 is 1.24 bits per heavy atom. The molecule has 0 saturated heterocycles. The van der Waals surface area contributed by atoms with E-state index in [1.54, 1.807) is 4.90 Å². The first kappa shape index (κ1) is 24.3. The number of hydrogen-bond donors (Lipinski definition) is 2. The highest BCUT2D eigenvalue weighted by molar-refractivity contribution is 6.11. The van der Waals surface area contributed by atoms with Crippen LogP contribution in [0.4, 0.5) is 28.4 Å². The first-order valence-electron chi connectivity index (χ1n) is 11.9. The van der Waals surface area contributed by atoms with E-state index in [1.807, 2.05) is 97.1 Å². The van der Waals surface area contributed by atoms with Gasteiger partial charge in [-0.3, -0.25) is 19.8 Å². The van der Waals surface area contributed by atoms with E-state index < -0.39 is 4.92 Å². The van der Waals surface area contributed by atoms with Crippen LogP contribution in [-0.2, 0) is 0 Å². The lowest BCUT2D eigenvalue weighted by Gasteiger charge is -2.24. The highest BCUT2D eigenvalue weighted by Gasteiger charge is 2.21. The molecule has 5 rings (SSSR count). The van der Waals surface area contributed by atoms with Gasteiger partial charge in [-0.25, -0.2) is 0 Å². The van der Waals surface area contributed by atoms with E-state index in [-0.39, 0.29) is 11.6 Å². The SMILES string of the molecule is Nc1ccc(-c2ccc(N(C(=O)c3ccc([N+](=O)[O-])cc3)c3ccc(-c4ccc(N)cc4)cc3)cc2)cc1. The molecular formula is C31H24N4O3. The average Bonchev–Trinajstić information content (AvgIpc) is 2.95. The summed E-state index contributed by atoms with van der Waals surface area (Å²) in [5.41, 5.74) is 18.6. The number of amides is 1. The molecular weight excluding hydrogens is 476 g/mol. The molecule has 0 bridgehead atoms. The lowest BCUT2D eigenvalue weighted by atomic mass is 10.0. The van der Waals surface area contributed by atoms with E-state index in [4.69, 9.17) is 11.5 Å². The van der Waals surface area contributed by atoms with Crippen molar-refractivity contribution in [3.05, 3.63) is 137 Å². The van der Waals surface area contributed by atoms with Gasteiger partial charge in [0.1, 0.15) is 0 Å². The monoisotopic (exact) mass is 500 g/mol. The number of carbonyl (C=O) groups excluding carboxylic acids is 1. The van der Waals surface area contributed by atoms with Crippen molar-refractivity contribution in [3.8, 4) is 22.3 Å². The summed E-state index contributed by atoms with van der Waals surface area (Å²) < 4.78 is 0. The van der Waals surface area contributed by atoms with Crippen molar-refractivity contribution in [3.63, 3.8) is 0 Å². The molecule has 0 aliphatic rings. The Bertz CT molecular complexity index is 1490. The van der Waals surface area contributed by atoms with Gasteiger partial charge in [-0.2, -0.15) is 0 Å². The summed E-state index contributed by atoms with van der Waals surface area (Å²) in [5.74, 6) is -0.305. The van der Waals surface area contributed by atoms with Crippen LogP contribution >= 0.6 is 0 Å². The zero-order valence-electron chi connectivity index (χ0n) is 20.3. The summed E-state index contributed by atoms with van der Waals surface area (Å²) in [6.45, 7) is 0. The predicted octanol–water partition coefficient (Wildman–Crippen LogP) is 7.07. The summed E-state index contributed by atoms with van der Waals surface area (Å²) >= 11 is 0. The van der Waals surface area contributed by atoms with E-state index in [0.29, 0.717) is 28.3 Å². The summed E-state index contributed by atoms with van der Waals surface area (Å²) in [4.78, 5) is 25.9. The van der Waals surface area contributed by atoms with Crippen molar-refractivity contribution >= 4 is 34.3 Å². The largest absolute Gasteiger partial charge is 0.399 e. The van der Waals surface area contributed by atoms with Crippen molar-refractivity contribution in [1.82, 2.24) is 0 Å². The molecule has 0 spiro atoms. The Morgan fingerprint density at radius 1 is 0.553 bits per heavy atom. The molecule has 0 heterocycles. The van der Waals surface area contributed by atoms with E-state index in [2.05, 4.69) is 0 Å². The van der Waals surface area contributed by atoms with Gasteiger partial charge in [-0.15, -0.1) is 0 Å². The lowest BCUT2D eigenvalue weighted by molar-refractivity contribution is -0.384. The van der Waals surface area contributed by atoms with Crippen LogP contribution in [-0.4, -0.2) is 10.8 Å². The van der Waals surface area contributed by atoms with Gasteiger partial charge in [-0.1, -0.05) is 48.5 Å². The normalized spacial score (nSPS) is 10.6. The zero-order chi connectivity index (χ0) is 26.6. The zero-order valence-corrected chi connectivity index (χ0v) is 20.3. The van der Waals surface area contributed by atoms with Crippen LogP contribution in [0.5, 0.6) is 0 Å². The van der Waals surface area contributed by atoms with E-state index in [1.165, 1.54) is 24.3 Å². The fourth-order valence-corrected chi connectivity index (χ4v) is 4.20. The molecule has 0 saturated carbocycles. The van der Waals surface area contributed by atoms with Crippen LogP contribution < -0.4 is 16.4 Å². The van der Waals surface area contributed by atoms with Crippen molar-refractivity contribution < 1.29 is 9.72 Å². The Labute approximate surface area is 219 Å². The number of nitrogens with zero attached hydrogens (tertiary/aromatic N) is 2. The summed E-state index contributed by atoms with van der Waals surface area (Å²) in [7, 11) is 0. The molecule has 1 amide bonds. The van der Waals surface area contributed by atoms with Crippen LogP contribution in [0, 0.1) is 10.1 Å². The number of carbonyl (C=O) groups is 1. The topological polar surface area (TPSA) is 115 Å². The molecule has 7 nitrogen and oxygen atoms in total. The molecule has 38 heavy (non-hydrogen) atoms. The second-order valence-corrected chi connectivity index (χ2v) is 8.78. The standard InChI is InChI=1S/C31H24N4O3/c32-26-11-1-21(2-12-26)23-5-15-28(16-6-23)34(31(36)25-9-19-30(20-10-25)35(37)38)29-17-7-24(8-18-29)22-3-13-27(33)14-4-22/h1-20H,32-33H2. The van der Waals surface area contributed by atoms with Gasteiger partial charge < -0.3 is 11.5 Å². The van der Waals surface area contributed by atoms with Crippen LogP contribution in [0.15, 0.2) is 121 Å². The molecule has 0 aromatic heterocycles. The number of benzene rings is 5. The predicted molar refractivity (Wildman–Crippen MR) is 152 cm³/mol. The Morgan fingerprint density at radius 2 is 0.895 bits per heavy atom. The molecule has 0 radical (unpaired) electrons. The maximum absolute atomic E-state index is 13.7. The minimum Gasteiger partial charge on any atom is -0.399 e. The Balaban J connectivity index is 1.52. The number of nitrogens with two attached hydrogens (primary N) is 2. The molecule has 0 unspecified atom stereocenters. The second-order valence-electron chi connectivity index (χ2n) is 8.78. The smallest absolute Gasteiger partial charge is 0.269 e. The number of nitro groups is 1. The quantitative estimate of drug-likeness (QED) is 0.147. The molecule has 186 valence electrons. The Hall–Kier alpha value is -5.43. The van der Waals surface area contributed by atoms with Crippen LogP contribution in [0.1, 0.15) is 10.4 Å². The van der Waals surface area contributed by atoms with E-state index in [9.17, 15) is 14.9 Å². The third kappa shape index (κ3) is 5.08. The van der Waals surface area contributed by atoms with Crippen molar-refractivity contribution in [1.29, 1.82) is 0 Å². The number of rotatable bonds is 6. The number of anilines is 4. The summed E-state index contributed by atoms with van der Waals surface area (Å²) in [6.07, 6.45) is 0. The highest BCUT2D eigenvalue weighted by atomic mass is 16.6. The van der Waals surface area contributed by atoms with Gasteiger partial charge in [-0.05, 0) is 82.9 Å². The van der Waals surface area contributed by atoms with Gasteiger partial charge in [0.05, 0.1) is 4.92 Å². The fraction of sp³-hybridized carbons (Fsp3) is 0. The van der Waals surface area contributed by atoms with Gasteiger partial charge in [0.2, 0.25) is 0 Å². The molecule has 0 atom stereocenters.